The van der Waals surface area contributed by atoms with E-state index in [1.165, 1.54) is 12.3 Å². The van der Waals surface area contributed by atoms with Gasteiger partial charge in [-0.1, -0.05) is 20.4 Å². The molecular formula is C7H13NO. The maximum absolute atomic E-state index is 8.31. The number of allylic oxidation sites excluding steroid dienone is 1. The van der Waals surface area contributed by atoms with E-state index in [0.29, 0.717) is 0 Å². The minimum atomic E-state index is -0.00704. The molecule has 9 heavy (non-hydrogen) atoms. The highest BCUT2D eigenvalue weighted by Gasteiger charge is 1.68. The quantitative estimate of drug-likeness (QED) is 0.344. The zero-order chi connectivity index (χ0) is 7.70. The van der Waals surface area contributed by atoms with E-state index >= 15 is 0 Å². The molecule has 0 amide bonds. The van der Waals surface area contributed by atoms with Crippen LogP contribution in [0.15, 0.2) is 29.6 Å². The van der Waals surface area contributed by atoms with Crippen molar-refractivity contribution >= 4 is 6.72 Å². The molecule has 2 heteroatoms. The average molecular weight is 127 g/mol. The molecule has 0 bridgehead atoms. The first-order valence-corrected chi connectivity index (χ1v) is 2.77. The lowest BCUT2D eigenvalue weighted by molar-refractivity contribution is 0.435. The van der Waals surface area contributed by atoms with Gasteiger partial charge in [-0.2, -0.15) is 0 Å². The van der Waals surface area contributed by atoms with Gasteiger partial charge in [0.2, 0.25) is 0 Å². The molecule has 0 atom stereocenters. The molecule has 0 radical (unpaired) electrons. The molecule has 0 saturated heterocycles. The van der Waals surface area contributed by atoms with Gasteiger partial charge in [0.25, 0.3) is 0 Å². The summed E-state index contributed by atoms with van der Waals surface area (Å²) in [5.41, 5.74) is 0. The summed E-state index contributed by atoms with van der Waals surface area (Å²) in [5, 5.41) is 8.31. The number of hydrogen-bond donors (Lipinski definition) is 1. The van der Waals surface area contributed by atoms with Crippen LogP contribution in [0.1, 0.15) is 13.8 Å². The van der Waals surface area contributed by atoms with Gasteiger partial charge in [0.1, 0.15) is 5.76 Å². The Balaban J connectivity index is 0. The first-order chi connectivity index (χ1) is 4.27. The highest BCUT2D eigenvalue weighted by atomic mass is 16.3. The molecule has 0 unspecified atom stereocenters. The van der Waals surface area contributed by atoms with Crippen LogP contribution in [0.5, 0.6) is 0 Å². The van der Waals surface area contributed by atoms with E-state index in [4.69, 9.17) is 5.11 Å². The first-order valence-electron chi connectivity index (χ1n) is 2.77. The van der Waals surface area contributed by atoms with Gasteiger partial charge in [0, 0.05) is 6.20 Å². The van der Waals surface area contributed by atoms with Crippen molar-refractivity contribution in [1.29, 1.82) is 0 Å². The van der Waals surface area contributed by atoms with Crippen molar-refractivity contribution < 1.29 is 5.11 Å². The van der Waals surface area contributed by atoms with E-state index in [1.807, 2.05) is 13.8 Å². The Hall–Kier alpha value is -1.05. The number of aliphatic hydroxyl groups is 1. The molecule has 1 N–H and O–H groups in total. The summed E-state index contributed by atoms with van der Waals surface area (Å²) in [4.78, 5) is 3.32. The SMILES string of the molecule is C=N/C=C\C(=C)O.CC. The summed E-state index contributed by atoms with van der Waals surface area (Å²) in [7, 11) is 0. The van der Waals surface area contributed by atoms with E-state index in [1.54, 1.807) is 0 Å². The predicted molar refractivity (Wildman–Crippen MR) is 41.8 cm³/mol. The normalized spacial score (nSPS) is 7.78. The van der Waals surface area contributed by atoms with Crippen molar-refractivity contribution in [2.75, 3.05) is 0 Å². The standard InChI is InChI=1S/C5H7NO.C2H6/c1-5(7)3-4-6-2;1-2/h3-4,7H,1-2H2;1-2H3/b4-3-;. The first kappa shape index (κ1) is 10.8. The average Bonchev–Trinajstić information content (AvgIpc) is 1.88. The fourth-order valence-electron chi connectivity index (χ4n) is 0.139. The molecule has 0 saturated carbocycles. The molecule has 0 aromatic rings. The lowest BCUT2D eigenvalue weighted by Gasteiger charge is -1.77. The van der Waals surface area contributed by atoms with Gasteiger partial charge < -0.3 is 5.11 Å². The fourth-order valence-corrected chi connectivity index (χ4v) is 0.139. The van der Waals surface area contributed by atoms with Crippen molar-refractivity contribution in [3.8, 4) is 0 Å². The Morgan fingerprint density at radius 2 is 2.00 bits per heavy atom. The zero-order valence-corrected chi connectivity index (χ0v) is 5.96. The highest BCUT2D eigenvalue weighted by molar-refractivity contribution is 5.26. The Kier molecular flexibility index (Phi) is 12.1. The second-order valence-corrected chi connectivity index (χ2v) is 0.990. The molecule has 0 aromatic carbocycles. The van der Waals surface area contributed by atoms with E-state index in [9.17, 15) is 0 Å². The molecule has 0 fully saturated rings. The maximum Gasteiger partial charge on any atom is 0.109 e. The van der Waals surface area contributed by atoms with Crippen molar-refractivity contribution in [3.63, 3.8) is 0 Å². The van der Waals surface area contributed by atoms with Gasteiger partial charge in [-0.05, 0) is 12.8 Å². The van der Waals surface area contributed by atoms with Crippen LogP contribution in [0, 0.1) is 0 Å². The van der Waals surface area contributed by atoms with Gasteiger partial charge in [0.15, 0.2) is 0 Å². The third-order valence-corrected chi connectivity index (χ3v) is 0.372. The molecule has 0 rings (SSSR count). The van der Waals surface area contributed by atoms with Gasteiger partial charge >= 0.3 is 0 Å². The third kappa shape index (κ3) is 19.6. The van der Waals surface area contributed by atoms with Gasteiger partial charge in [-0.25, -0.2) is 0 Å². The lowest BCUT2D eigenvalue weighted by atomic mass is 10.5. The zero-order valence-electron chi connectivity index (χ0n) is 5.96. The van der Waals surface area contributed by atoms with Crippen LogP contribution in [0.2, 0.25) is 0 Å². The summed E-state index contributed by atoms with van der Waals surface area (Å²) >= 11 is 0. The lowest BCUT2D eigenvalue weighted by Crippen LogP contribution is -1.63. The molecule has 0 aliphatic rings. The Morgan fingerprint density at radius 3 is 2.11 bits per heavy atom. The molecule has 0 aliphatic carbocycles. The van der Waals surface area contributed by atoms with Crippen LogP contribution in [-0.4, -0.2) is 11.8 Å². The van der Waals surface area contributed by atoms with Crippen LogP contribution in [0.4, 0.5) is 0 Å². The Labute approximate surface area is 56.2 Å². The number of aliphatic hydroxyl groups excluding tert-OH is 1. The second kappa shape index (κ2) is 10.0. The van der Waals surface area contributed by atoms with Crippen molar-refractivity contribution in [2.24, 2.45) is 4.99 Å². The summed E-state index contributed by atoms with van der Waals surface area (Å²) < 4.78 is 0. The van der Waals surface area contributed by atoms with Gasteiger partial charge in [0.05, 0.1) is 0 Å². The van der Waals surface area contributed by atoms with Crippen LogP contribution >= 0.6 is 0 Å². The topological polar surface area (TPSA) is 32.6 Å². The van der Waals surface area contributed by atoms with Crippen molar-refractivity contribution in [1.82, 2.24) is 0 Å². The highest BCUT2D eigenvalue weighted by Crippen LogP contribution is 1.82. The fraction of sp³-hybridized carbons (Fsp3) is 0.286. The summed E-state index contributed by atoms with van der Waals surface area (Å²) in [6.07, 6.45) is 2.72. The number of rotatable bonds is 2. The largest absolute Gasteiger partial charge is 0.509 e. The number of hydrogen-bond acceptors (Lipinski definition) is 2. The molecule has 52 valence electrons. The van der Waals surface area contributed by atoms with Crippen LogP contribution < -0.4 is 0 Å². The maximum atomic E-state index is 8.31. The van der Waals surface area contributed by atoms with Crippen LogP contribution in [0.25, 0.3) is 0 Å². The Bertz CT molecular complexity index is 105. The molecular weight excluding hydrogens is 114 g/mol. The second-order valence-electron chi connectivity index (χ2n) is 0.990. The summed E-state index contributed by atoms with van der Waals surface area (Å²) in [5.74, 6) is -0.00704. The van der Waals surface area contributed by atoms with Gasteiger partial charge in [-0.15, -0.1) is 0 Å². The third-order valence-electron chi connectivity index (χ3n) is 0.372. The van der Waals surface area contributed by atoms with E-state index in [0.717, 1.165) is 0 Å². The van der Waals surface area contributed by atoms with E-state index in [2.05, 4.69) is 18.3 Å². The molecule has 2 nitrogen and oxygen atoms in total. The molecule has 0 heterocycles. The minimum absolute atomic E-state index is 0.00704. The predicted octanol–water partition coefficient (Wildman–Crippen LogP) is 2.30. The summed E-state index contributed by atoms with van der Waals surface area (Å²) in [6.45, 7) is 10.3. The smallest absolute Gasteiger partial charge is 0.109 e. The number of aliphatic imine (C=N–C) groups is 1. The molecule has 0 spiro atoms. The van der Waals surface area contributed by atoms with E-state index < -0.39 is 0 Å². The van der Waals surface area contributed by atoms with Gasteiger partial charge in [-0.3, -0.25) is 4.99 Å². The monoisotopic (exact) mass is 127 g/mol. The summed E-state index contributed by atoms with van der Waals surface area (Å²) in [6, 6.07) is 0. The van der Waals surface area contributed by atoms with Crippen molar-refractivity contribution in [2.45, 2.75) is 13.8 Å². The van der Waals surface area contributed by atoms with Crippen molar-refractivity contribution in [3.05, 3.63) is 24.6 Å². The number of nitrogens with zero attached hydrogens (tertiary/aromatic N) is 1. The van der Waals surface area contributed by atoms with Crippen LogP contribution in [0.3, 0.4) is 0 Å². The Morgan fingerprint density at radius 1 is 1.56 bits per heavy atom. The van der Waals surface area contributed by atoms with E-state index in [-0.39, 0.29) is 5.76 Å². The van der Waals surface area contributed by atoms with Crippen LogP contribution in [-0.2, 0) is 0 Å². The molecule has 0 aromatic heterocycles. The minimum Gasteiger partial charge on any atom is -0.509 e. The molecule has 0 aliphatic heterocycles.